The van der Waals surface area contributed by atoms with E-state index in [4.69, 9.17) is 0 Å². The van der Waals surface area contributed by atoms with Gasteiger partial charge in [-0.2, -0.15) is 11.8 Å². The van der Waals surface area contributed by atoms with Gasteiger partial charge >= 0.3 is 0 Å². The van der Waals surface area contributed by atoms with E-state index in [0.29, 0.717) is 18.7 Å². The van der Waals surface area contributed by atoms with Crippen LogP contribution in [0.15, 0.2) is 29.3 Å². The van der Waals surface area contributed by atoms with Crippen LogP contribution in [0, 0.1) is 0 Å². The molecule has 0 unspecified atom stereocenters. The van der Waals surface area contributed by atoms with Gasteiger partial charge in [0.05, 0.1) is 0 Å². The minimum Gasteiger partial charge on any atom is -0.356 e. The summed E-state index contributed by atoms with van der Waals surface area (Å²) in [6.45, 7) is 4.16. The van der Waals surface area contributed by atoms with E-state index < -0.39 is 0 Å². The van der Waals surface area contributed by atoms with Crippen molar-refractivity contribution in [3.63, 3.8) is 0 Å². The molecule has 7 heteroatoms. The zero-order valence-corrected chi connectivity index (χ0v) is 17.9. The van der Waals surface area contributed by atoms with Crippen LogP contribution in [0.3, 0.4) is 0 Å². The third-order valence-electron chi connectivity index (χ3n) is 3.30. The number of hydrogen-bond donors (Lipinski definition) is 3. The number of carbonyl (C=O) groups excluding carboxylic acids is 1. The second-order valence-electron chi connectivity index (χ2n) is 5.11. The highest BCUT2D eigenvalue weighted by Crippen LogP contribution is 2.04. The van der Waals surface area contributed by atoms with Crippen LogP contribution >= 0.6 is 35.7 Å². The standard InChI is InChI=1S/C17H28N4OS.HI/c1-4-19-16(22)15-9-7-14(8-10-15)13-21-17(18-2)20-11-5-6-12-23-3;/h7-10H,4-6,11-13H2,1-3H3,(H,19,22)(H2,18,20,21);1H. The normalized spacial score (nSPS) is 10.7. The minimum atomic E-state index is -0.0327. The summed E-state index contributed by atoms with van der Waals surface area (Å²) >= 11 is 1.88. The molecule has 0 aliphatic carbocycles. The Morgan fingerprint density at radius 1 is 1.12 bits per heavy atom. The van der Waals surface area contributed by atoms with Gasteiger partial charge in [0.25, 0.3) is 5.91 Å². The number of hydrogen-bond acceptors (Lipinski definition) is 3. The van der Waals surface area contributed by atoms with Crippen LogP contribution in [0.5, 0.6) is 0 Å². The van der Waals surface area contributed by atoms with E-state index in [-0.39, 0.29) is 29.9 Å². The number of carbonyl (C=O) groups is 1. The molecule has 0 saturated heterocycles. The number of benzene rings is 1. The highest BCUT2D eigenvalue weighted by Gasteiger charge is 2.04. The number of nitrogens with zero attached hydrogens (tertiary/aromatic N) is 1. The number of nitrogens with one attached hydrogen (secondary N) is 3. The molecule has 0 atom stereocenters. The summed E-state index contributed by atoms with van der Waals surface area (Å²) in [6.07, 6.45) is 4.49. The maximum atomic E-state index is 11.7. The molecule has 0 radical (unpaired) electrons. The van der Waals surface area contributed by atoms with Gasteiger partial charge in [-0.05, 0) is 49.5 Å². The Kier molecular flexibility index (Phi) is 13.8. The topological polar surface area (TPSA) is 65.5 Å². The maximum Gasteiger partial charge on any atom is 0.251 e. The van der Waals surface area contributed by atoms with Gasteiger partial charge in [-0.15, -0.1) is 24.0 Å². The van der Waals surface area contributed by atoms with Gasteiger partial charge in [0.15, 0.2) is 5.96 Å². The van der Waals surface area contributed by atoms with Crippen molar-refractivity contribution >= 4 is 47.6 Å². The summed E-state index contributed by atoms with van der Waals surface area (Å²) in [4.78, 5) is 15.9. The van der Waals surface area contributed by atoms with Crippen molar-refractivity contribution in [3.05, 3.63) is 35.4 Å². The molecule has 0 aliphatic rings. The Bertz CT molecular complexity index is 494. The number of amides is 1. The predicted molar refractivity (Wildman–Crippen MR) is 116 cm³/mol. The molecule has 5 nitrogen and oxygen atoms in total. The molecule has 136 valence electrons. The zero-order valence-electron chi connectivity index (χ0n) is 14.7. The summed E-state index contributed by atoms with van der Waals surface area (Å²) in [5, 5.41) is 9.39. The summed E-state index contributed by atoms with van der Waals surface area (Å²) in [5.41, 5.74) is 1.80. The van der Waals surface area contributed by atoms with E-state index in [2.05, 4.69) is 27.2 Å². The van der Waals surface area contributed by atoms with Crippen LogP contribution in [0.1, 0.15) is 35.7 Å². The van der Waals surface area contributed by atoms with Crippen LogP contribution in [0.4, 0.5) is 0 Å². The fourth-order valence-electron chi connectivity index (χ4n) is 2.02. The Hall–Kier alpha value is -0.960. The van der Waals surface area contributed by atoms with Crippen molar-refractivity contribution in [2.45, 2.75) is 26.3 Å². The highest BCUT2D eigenvalue weighted by molar-refractivity contribution is 14.0. The summed E-state index contributed by atoms with van der Waals surface area (Å²) in [7, 11) is 1.77. The van der Waals surface area contributed by atoms with E-state index in [1.165, 1.54) is 12.2 Å². The molecule has 0 aliphatic heterocycles. The maximum absolute atomic E-state index is 11.7. The van der Waals surface area contributed by atoms with Crippen molar-refractivity contribution in [1.82, 2.24) is 16.0 Å². The number of rotatable bonds is 9. The van der Waals surface area contributed by atoms with Gasteiger partial charge in [0.2, 0.25) is 0 Å². The Morgan fingerprint density at radius 2 is 1.83 bits per heavy atom. The van der Waals surface area contributed by atoms with Crippen molar-refractivity contribution < 1.29 is 4.79 Å². The summed E-state index contributed by atoms with van der Waals surface area (Å²) < 4.78 is 0. The molecule has 0 heterocycles. The van der Waals surface area contributed by atoms with Crippen molar-refractivity contribution in [3.8, 4) is 0 Å². The zero-order chi connectivity index (χ0) is 16.9. The Morgan fingerprint density at radius 3 is 2.42 bits per heavy atom. The van der Waals surface area contributed by atoms with Crippen molar-refractivity contribution in [1.29, 1.82) is 0 Å². The predicted octanol–water partition coefficient (Wildman–Crippen LogP) is 2.86. The molecule has 0 fully saturated rings. The number of thioether (sulfide) groups is 1. The molecular weight excluding hydrogens is 435 g/mol. The fraction of sp³-hybridized carbons (Fsp3) is 0.529. The molecule has 1 aromatic rings. The van der Waals surface area contributed by atoms with Crippen LogP contribution in [-0.2, 0) is 6.54 Å². The summed E-state index contributed by atoms with van der Waals surface area (Å²) in [6, 6.07) is 7.62. The van der Waals surface area contributed by atoms with Gasteiger partial charge in [-0.25, -0.2) is 0 Å². The van der Waals surface area contributed by atoms with Gasteiger partial charge in [0.1, 0.15) is 0 Å². The minimum absolute atomic E-state index is 0. The number of aliphatic imine (C=N–C) groups is 1. The van der Waals surface area contributed by atoms with Crippen LogP contribution in [-0.4, -0.2) is 44.0 Å². The summed E-state index contributed by atoms with van der Waals surface area (Å²) in [5.74, 6) is 1.97. The van der Waals surface area contributed by atoms with E-state index in [1.54, 1.807) is 7.05 Å². The van der Waals surface area contributed by atoms with Crippen molar-refractivity contribution in [2.75, 3.05) is 32.1 Å². The van der Waals surface area contributed by atoms with E-state index in [1.807, 2.05) is 43.0 Å². The monoisotopic (exact) mass is 464 g/mol. The quantitative estimate of drug-likeness (QED) is 0.228. The average Bonchev–Trinajstić information content (AvgIpc) is 2.58. The molecule has 3 N–H and O–H groups in total. The first-order valence-electron chi connectivity index (χ1n) is 8.01. The Labute approximate surface area is 166 Å². The third kappa shape index (κ3) is 9.36. The van der Waals surface area contributed by atoms with Gasteiger partial charge < -0.3 is 16.0 Å². The number of guanidine groups is 1. The first-order chi connectivity index (χ1) is 11.2. The average molecular weight is 464 g/mol. The van der Waals surface area contributed by atoms with Gasteiger partial charge in [-0.3, -0.25) is 9.79 Å². The van der Waals surface area contributed by atoms with Crippen LogP contribution in [0.2, 0.25) is 0 Å². The molecular formula is C17H29IN4OS. The second kappa shape index (κ2) is 14.4. The highest BCUT2D eigenvalue weighted by atomic mass is 127. The lowest BCUT2D eigenvalue weighted by Crippen LogP contribution is -2.37. The molecule has 24 heavy (non-hydrogen) atoms. The van der Waals surface area contributed by atoms with Gasteiger partial charge in [-0.1, -0.05) is 12.1 Å². The van der Waals surface area contributed by atoms with E-state index in [9.17, 15) is 4.79 Å². The molecule has 1 rings (SSSR count). The van der Waals surface area contributed by atoms with E-state index >= 15 is 0 Å². The molecule has 0 saturated carbocycles. The first-order valence-corrected chi connectivity index (χ1v) is 9.41. The van der Waals surface area contributed by atoms with E-state index in [0.717, 1.165) is 24.5 Å². The molecule has 0 spiro atoms. The largest absolute Gasteiger partial charge is 0.356 e. The van der Waals surface area contributed by atoms with Crippen LogP contribution in [0.25, 0.3) is 0 Å². The third-order valence-corrected chi connectivity index (χ3v) is 4.00. The van der Waals surface area contributed by atoms with Crippen molar-refractivity contribution in [2.24, 2.45) is 4.99 Å². The molecule has 0 aromatic heterocycles. The smallest absolute Gasteiger partial charge is 0.251 e. The van der Waals surface area contributed by atoms with Crippen LogP contribution < -0.4 is 16.0 Å². The molecule has 0 bridgehead atoms. The van der Waals surface area contributed by atoms with Gasteiger partial charge in [0, 0.05) is 32.2 Å². The lowest BCUT2D eigenvalue weighted by Gasteiger charge is -2.12. The molecule has 1 aromatic carbocycles. The lowest BCUT2D eigenvalue weighted by atomic mass is 10.1. The lowest BCUT2D eigenvalue weighted by molar-refractivity contribution is 0.0956. The fourth-order valence-corrected chi connectivity index (χ4v) is 2.51. The second-order valence-corrected chi connectivity index (χ2v) is 6.09. The number of halogens is 1. The SMILES string of the molecule is CCNC(=O)c1ccc(CNC(=NC)NCCCCSC)cc1.I. The first kappa shape index (κ1) is 23.0. The molecule has 1 amide bonds. The Balaban J connectivity index is 0.00000529. The number of unbranched alkanes of at least 4 members (excludes halogenated alkanes) is 1.